The number of aliphatic hydroxyl groups is 1. The Morgan fingerprint density at radius 2 is 1.79 bits per heavy atom. The number of carbonyl (C=O) groups excluding carboxylic acids is 2. The van der Waals surface area contributed by atoms with E-state index in [1.165, 1.54) is 0 Å². The Kier molecular flexibility index (Phi) is 5.59. The van der Waals surface area contributed by atoms with E-state index in [2.05, 4.69) is 4.98 Å². The van der Waals surface area contributed by atoms with Gasteiger partial charge in [-0.15, -0.1) is 0 Å². The lowest BCUT2D eigenvalue weighted by Crippen LogP contribution is -2.44. The number of carbonyl (C=O) groups is 2. The molecule has 0 saturated carbocycles. The highest BCUT2D eigenvalue weighted by Gasteiger charge is 2.42. The molecular weight excluding hydrogens is 390 g/mol. The lowest BCUT2D eigenvalue weighted by molar-refractivity contribution is -0.125. The second kappa shape index (κ2) is 7.81. The SMILES string of the molecule is CC(O)CC1(C(N)=O)C=CC(C(N)=O)(c2ccc(Cl)c(-c3ccccn3)c2)C=C1. The van der Waals surface area contributed by atoms with Crippen LogP contribution in [-0.4, -0.2) is 28.0 Å². The molecule has 1 aliphatic rings. The van der Waals surface area contributed by atoms with Gasteiger partial charge in [-0.25, -0.2) is 0 Å². The highest BCUT2D eigenvalue weighted by atomic mass is 35.5. The van der Waals surface area contributed by atoms with Crippen molar-refractivity contribution in [3.8, 4) is 11.3 Å². The Hall–Kier alpha value is -2.96. The normalized spacial score (nSPS) is 24.2. The molecule has 0 bridgehead atoms. The van der Waals surface area contributed by atoms with Crippen molar-refractivity contribution in [1.82, 2.24) is 4.98 Å². The first-order valence-corrected chi connectivity index (χ1v) is 9.48. The number of hydrogen-bond acceptors (Lipinski definition) is 4. The highest BCUT2D eigenvalue weighted by molar-refractivity contribution is 6.33. The van der Waals surface area contributed by atoms with E-state index in [1.807, 2.05) is 12.1 Å². The van der Waals surface area contributed by atoms with Crippen molar-refractivity contribution in [2.45, 2.75) is 24.9 Å². The maximum Gasteiger partial charge on any atom is 0.235 e. The molecule has 0 radical (unpaired) electrons. The minimum atomic E-state index is -1.29. The second-order valence-electron chi connectivity index (χ2n) is 7.27. The third-order valence-corrected chi connectivity index (χ3v) is 5.50. The second-order valence-corrected chi connectivity index (χ2v) is 7.67. The molecule has 150 valence electrons. The monoisotopic (exact) mass is 411 g/mol. The third-order valence-electron chi connectivity index (χ3n) is 5.17. The van der Waals surface area contributed by atoms with Crippen LogP contribution >= 0.6 is 11.6 Å². The van der Waals surface area contributed by atoms with Crippen molar-refractivity contribution in [3.63, 3.8) is 0 Å². The van der Waals surface area contributed by atoms with Gasteiger partial charge in [-0.3, -0.25) is 14.6 Å². The zero-order valence-corrected chi connectivity index (χ0v) is 16.6. The quantitative estimate of drug-likeness (QED) is 0.632. The Labute approximate surface area is 173 Å². The van der Waals surface area contributed by atoms with E-state index >= 15 is 0 Å². The van der Waals surface area contributed by atoms with Gasteiger partial charge in [0, 0.05) is 16.8 Å². The summed E-state index contributed by atoms with van der Waals surface area (Å²) in [6.45, 7) is 1.57. The molecule has 3 rings (SSSR count). The number of aromatic nitrogens is 1. The van der Waals surface area contributed by atoms with Gasteiger partial charge in [0.1, 0.15) is 5.41 Å². The molecule has 2 amide bonds. The standard InChI is InChI=1S/C22H22ClN3O3/c1-14(27)13-21(19(24)28)7-9-22(10-8-21,20(25)29)15-5-6-17(23)16(12-15)18-4-2-3-11-26-18/h2-12,14,27H,13H2,1H3,(H2,24,28)(H2,25,29). The molecule has 1 aromatic heterocycles. The minimum absolute atomic E-state index is 0.101. The van der Waals surface area contributed by atoms with Gasteiger partial charge in [-0.05, 0) is 43.2 Å². The molecule has 7 heteroatoms. The van der Waals surface area contributed by atoms with E-state index in [9.17, 15) is 14.7 Å². The van der Waals surface area contributed by atoms with Crippen LogP contribution in [-0.2, 0) is 15.0 Å². The van der Waals surface area contributed by atoms with Crippen LogP contribution in [0.4, 0.5) is 0 Å². The molecule has 6 nitrogen and oxygen atoms in total. The van der Waals surface area contributed by atoms with Crippen molar-refractivity contribution >= 4 is 23.4 Å². The van der Waals surface area contributed by atoms with E-state index in [-0.39, 0.29) is 6.42 Å². The van der Waals surface area contributed by atoms with Gasteiger partial charge in [-0.2, -0.15) is 0 Å². The van der Waals surface area contributed by atoms with Gasteiger partial charge in [0.05, 0.1) is 17.2 Å². The zero-order chi connectivity index (χ0) is 21.2. The lowest BCUT2D eigenvalue weighted by atomic mass is 9.69. The average molecular weight is 412 g/mol. The first-order valence-electron chi connectivity index (χ1n) is 9.10. The third kappa shape index (κ3) is 3.81. The molecule has 5 N–H and O–H groups in total. The highest BCUT2D eigenvalue weighted by Crippen LogP contribution is 2.41. The van der Waals surface area contributed by atoms with Crippen molar-refractivity contribution in [2.75, 3.05) is 0 Å². The number of nitrogens with zero attached hydrogens (tertiary/aromatic N) is 1. The average Bonchev–Trinajstić information content (AvgIpc) is 2.69. The van der Waals surface area contributed by atoms with E-state index in [0.717, 1.165) is 0 Å². The van der Waals surface area contributed by atoms with Gasteiger partial charge in [-0.1, -0.05) is 48.0 Å². The van der Waals surface area contributed by atoms with Crippen molar-refractivity contribution < 1.29 is 14.7 Å². The predicted octanol–water partition coefficient (Wildman–Crippen LogP) is 2.49. The van der Waals surface area contributed by atoms with Crippen LogP contribution in [0.3, 0.4) is 0 Å². The summed E-state index contributed by atoms with van der Waals surface area (Å²) in [5, 5.41) is 10.3. The first-order chi connectivity index (χ1) is 13.7. The number of halogens is 1. The molecule has 29 heavy (non-hydrogen) atoms. The van der Waals surface area contributed by atoms with Gasteiger partial charge in [0.2, 0.25) is 11.8 Å². The van der Waals surface area contributed by atoms with Gasteiger partial charge in [0.15, 0.2) is 0 Å². The topological polar surface area (TPSA) is 119 Å². The number of benzene rings is 1. The minimum Gasteiger partial charge on any atom is -0.393 e. The first kappa shape index (κ1) is 20.8. The molecule has 1 unspecified atom stereocenters. The Balaban J connectivity index is 2.11. The van der Waals surface area contributed by atoms with E-state index < -0.39 is 28.7 Å². The molecular formula is C22H22ClN3O3. The van der Waals surface area contributed by atoms with E-state index in [0.29, 0.717) is 21.8 Å². The van der Waals surface area contributed by atoms with Crippen LogP contribution in [0.5, 0.6) is 0 Å². The number of pyridine rings is 1. The fourth-order valence-electron chi connectivity index (χ4n) is 3.56. The summed E-state index contributed by atoms with van der Waals surface area (Å²) < 4.78 is 0. The summed E-state index contributed by atoms with van der Waals surface area (Å²) in [5.41, 5.74) is 10.8. The Bertz CT molecular complexity index is 986. The molecule has 1 aromatic carbocycles. The largest absolute Gasteiger partial charge is 0.393 e. The lowest BCUT2D eigenvalue weighted by Gasteiger charge is -2.34. The maximum absolute atomic E-state index is 12.5. The van der Waals surface area contributed by atoms with Crippen molar-refractivity contribution in [1.29, 1.82) is 0 Å². The fraction of sp³-hybridized carbons (Fsp3) is 0.227. The maximum atomic E-state index is 12.5. The molecule has 0 fully saturated rings. The van der Waals surface area contributed by atoms with Crippen LogP contribution in [0.25, 0.3) is 11.3 Å². The van der Waals surface area contributed by atoms with Gasteiger partial charge < -0.3 is 16.6 Å². The van der Waals surface area contributed by atoms with Crippen molar-refractivity contribution in [3.05, 3.63) is 77.5 Å². The number of rotatable bonds is 6. The Morgan fingerprint density at radius 1 is 1.10 bits per heavy atom. The fourth-order valence-corrected chi connectivity index (χ4v) is 3.78. The predicted molar refractivity (Wildman–Crippen MR) is 112 cm³/mol. The van der Waals surface area contributed by atoms with Crippen LogP contribution in [0, 0.1) is 5.41 Å². The van der Waals surface area contributed by atoms with Gasteiger partial charge in [0.25, 0.3) is 0 Å². The summed E-state index contributed by atoms with van der Waals surface area (Å²) in [7, 11) is 0. The number of aliphatic hydroxyl groups excluding tert-OH is 1. The van der Waals surface area contributed by atoms with Crippen LogP contribution in [0.15, 0.2) is 66.9 Å². The van der Waals surface area contributed by atoms with Crippen LogP contribution in [0.1, 0.15) is 18.9 Å². The van der Waals surface area contributed by atoms with E-state index in [1.54, 1.807) is 61.7 Å². The number of nitrogens with two attached hydrogens (primary N) is 2. The van der Waals surface area contributed by atoms with Gasteiger partial charge >= 0.3 is 0 Å². The number of primary amides is 2. The molecule has 1 aliphatic carbocycles. The molecule has 1 atom stereocenters. The Morgan fingerprint density at radius 3 is 2.31 bits per heavy atom. The summed E-state index contributed by atoms with van der Waals surface area (Å²) in [6, 6.07) is 10.6. The molecule has 0 saturated heterocycles. The molecule has 0 spiro atoms. The van der Waals surface area contributed by atoms with Crippen LogP contribution in [0.2, 0.25) is 5.02 Å². The van der Waals surface area contributed by atoms with E-state index in [4.69, 9.17) is 23.1 Å². The summed E-state index contributed by atoms with van der Waals surface area (Å²) >= 11 is 6.36. The summed E-state index contributed by atoms with van der Waals surface area (Å²) in [4.78, 5) is 28.9. The van der Waals surface area contributed by atoms with Crippen molar-refractivity contribution in [2.24, 2.45) is 16.9 Å². The molecule has 2 aromatic rings. The number of amides is 2. The summed E-state index contributed by atoms with van der Waals surface area (Å²) in [6.07, 6.45) is 7.21. The van der Waals surface area contributed by atoms with Crippen LogP contribution < -0.4 is 11.5 Å². The summed E-state index contributed by atoms with van der Waals surface area (Å²) in [5.74, 6) is -1.23. The molecule has 1 heterocycles. The zero-order valence-electron chi connectivity index (χ0n) is 15.9. The molecule has 0 aliphatic heterocycles. The number of hydrogen-bond donors (Lipinski definition) is 3. The smallest absolute Gasteiger partial charge is 0.235 e.